The van der Waals surface area contributed by atoms with Crippen molar-refractivity contribution in [3.63, 3.8) is 0 Å². The first-order chi connectivity index (χ1) is 31.3. The van der Waals surface area contributed by atoms with Crippen LogP contribution in [-0.4, -0.2) is 69.7 Å². The molecule has 0 bridgehead atoms. The van der Waals surface area contributed by atoms with Gasteiger partial charge in [-0.3, -0.25) is 14.6 Å². The fourth-order valence-electron chi connectivity index (χ4n) is 7.76. The van der Waals surface area contributed by atoms with Gasteiger partial charge in [0.2, 0.25) is 0 Å². The third kappa shape index (κ3) is 10.2. The summed E-state index contributed by atoms with van der Waals surface area (Å²) in [6.45, 7) is 15.3. The lowest BCUT2D eigenvalue weighted by molar-refractivity contribution is -0.120. The highest BCUT2D eigenvalue weighted by molar-refractivity contribution is 7.99. The minimum atomic E-state index is -1.24. The van der Waals surface area contributed by atoms with Gasteiger partial charge in [0.05, 0.1) is 34.1 Å². The maximum Gasteiger partial charge on any atom is 0.414 e. The van der Waals surface area contributed by atoms with Gasteiger partial charge in [0, 0.05) is 36.0 Å². The number of aryl methyl sites for hydroxylation is 1. The van der Waals surface area contributed by atoms with Crippen molar-refractivity contribution in [1.82, 2.24) is 20.6 Å². The molecule has 7 rings (SSSR count). The Balaban J connectivity index is 1.22. The number of hydrogen-bond donors (Lipinski definition) is 4. The second-order valence-electron chi connectivity index (χ2n) is 18.2. The summed E-state index contributed by atoms with van der Waals surface area (Å²) >= 11 is 1.40. The van der Waals surface area contributed by atoms with E-state index in [-0.39, 0.29) is 5.91 Å². The molecule has 5 aromatic carbocycles. The number of carbonyl (C=O) groups is 3. The van der Waals surface area contributed by atoms with E-state index >= 15 is 4.79 Å². The number of nitrogen functional groups attached to an aromatic ring is 1. The van der Waals surface area contributed by atoms with Gasteiger partial charge in [0.1, 0.15) is 11.2 Å². The molecule has 1 aliphatic heterocycles. The summed E-state index contributed by atoms with van der Waals surface area (Å²) in [4.78, 5) is 48.4. The Morgan fingerprint density at radius 1 is 0.848 bits per heavy atom. The first-order valence-electron chi connectivity index (χ1n) is 21.7. The number of nitrogens with one attached hydrogen (secondary N) is 3. The number of aromatic amines is 1. The van der Waals surface area contributed by atoms with Gasteiger partial charge in [-0.2, -0.15) is 0 Å². The van der Waals surface area contributed by atoms with Crippen LogP contribution in [0.25, 0.3) is 22.5 Å². The normalized spacial score (nSPS) is 14.5. The number of aromatic nitrogens is 4. The Morgan fingerprint density at radius 3 is 2.09 bits per heavy atom. The van der Waals surface area contributed by atoms with E-state index in [0.717, 1.165) is 49.0 Å². The summed E-state index contributed by atoms with van der Waals surface area (Å²) in [6.07, 6.45) is -0.0127. The number of ether oxygens (including phenoxy) is 2. The number of fused-ring (bicyclic) bond motifs is 1. The number of nitrogens with two attached hydrogens (primary N) is 1. The molecule has 66 heavy (non-hydrogen) atoms. The van der Waals surface area contributed by atoms with Crippen LogP contribution in [0.4, 0.5) is 43.7 Å². The highest BCUT2D eigenvalue weighted by Crippen LogP contribution is 2.46. The third-order valence-corrected chi connectivity index (χ3v) is 11.9. The molecule has 0 fully saturated rings. The smallest absolute Gasteiger partial charge is 0.414 e. The molecule has 5 N–H and O–H groups in total. The van der Waals surface area contributed by atoms with E-state index in [2.05, 4.69) is 73.4 Å². The Hall–Kier alpha value is -7.07. The zero-order valence-corrected chi connectivity index (χ0v) is 39.9. The second kappa shape index (κ2) is 18.8. The van der Waals surface area contributed by atoms with Gasteiger partial charge in [-0.25, -0.2) is 14.7 Å². The summed E-state index contributed by atoms with van der Waals surface area (Å²) in [5.41, 5.74) is 11.8. The van der Waals surface area contributed by atoms with E-state index in [1.54, 1.807) is 67.8 Å². The molecule has 1 radical (unpaired) electrons. The first-order valence-corrected chi connectivity index (χ1v) is 22.5. The quantitative estimate of drug-likeness (QED) is 0.0854. The molecular formula is C50H57N10O5S. The van der Waals surface area contributed by atoms with Gasteiger partial charge >= 0.3 is 12.2 Å². The number of carbonyl (C=O) groups excluding carboxylic acids is 3. The molecule has 6 aromatic rings. The number of nitrogens with zero attached hydrogens (tertiary/aromatic N) is 6. The fourth-order valence-corrected chi connectivity index (χ4v) is 8.65. The zero-order chi connectivity index (χ0) is 47.6. The molecule has 3 amide bonds. The maximum atomic E-state index is 15.3. The van der Waals surface area contributed by atoms with Crippen LogP contribution in [0.2, 0.25) is 0 Å². The number of tetrazole rings is 1. The van der Waals surface area contributed by atoms with E-state index in [1.165, 1.54) is 21.6 Å². The monoisotopic (exact) mass is 909 g/mol. The average Bonchev–Trinajstić information content (AvgIpc) is 3.92. The van der Waals surface area contributed by atoms with Crippen molar-refractivity contribution in [2.24, 2.45) is 0 Å². The summed E-state index contributed by atoms with van der Waals surface area (Å²) < 4.78 is 11.4. The average molecular weight is 910 g/mol. The molecule has 1 unspecified atom stereocenters. The standard InChI is InChI=1S/C50H57N10O5S/c1-11-27-50(53-43-31(2)15-14-18-40(43)60(50)30-32-19-21-33(22-20-32)36-16-12-13-17-37(36)44-54-56-57-55-44)45(61)52-39-26-24-35(29-42(39)59(10)47(63)65-49(6,7)8)66-34-23-25-38(51)41(28-34)58(9)46(62)64-48(3,4)5/h12-13,15-26,28-29,53H,11,27,30,51H2,1-10H3,(H,52,61)(H,54,55,56,57). The SMILES string of the molecule is CCCC1(C(=O)Nc2ccc(Sc3ccc(N)c(N(C)C(=O)OC(C)(C)C)c3)cc2N(C)C(=O)OC(C)(C)C)Nc2c(C)c[c]cc2N1Cc1ccc(-c2ccccc2-c2nnn[nH]2)cc1. The zero-order valence-electron chi connectivity index (χ0n) is 39.1. The number of amides is 3. The lowest BCUT2D eigenvalue weighted by Crippen LogP contribution is -2.59. The molecule has 0 aliphatic carbocycles. The Kier molecular flexibility index (Phi) is 13.4. The van der Waals surface area contributed by atoms with Gasteiger partial charge in [0.25, 0.3) is 5.91 Å². The molecule has 0 saturated heterocycles. The third-order valence-electron chi connectivity index (χ3n) is 10.9. The molecule has 15 nitrogen and oxygen atoms in total. The van der Waals surface area contributed by atoms with Crippen molar-refractivity contribution in [3.05, 3.63) is 114 Å². The highest BCUT2D eigenvalue weighted by atomic mass is 32.2. The second-order valence-corrected chi connectivity index (χ2v) is 19.4. The number of anilines is 6. The molecule has 16 heteroatoms. The summed E-state index contributed by atoms with van der Waals surface area (Å²) in [7, 11) is 3.23. The van der Waals surface area contributed by atoms with E-state index in [4.69, 9.17) is 15.2 Å². The van der Waals surface area contributed by atoms with Crippen LogP contribution in [0, 0.1) is 13.0 Å². The van der Waals surface area contributed by atoms with E-state index < -0.39 is 29.1 Å². The van der Waals surface area contributed by atoms with Crippen LogP contribution in [0.3, 0.4) is 0 Å². The van der Waals surface area contributed by atoms with Crippen LogP contribution >= 0.6 is 11.8 Å². The van der Waals surface area contributed by atoms with E-state index in [0.29, 0.717) is 48.0 Å². The van der Waals surface area contributed by atoms with E-state index in [9.17, 15) is 9.59 Å². The predicted molar refractivity (Wildman–Crippen MR) is 262 cm³/mol. The van der Waals surface area contributed by atoms with Crippen molar-refractivity contribution >= 4 is 64.0 Å². The number of benzene rings is 5. The van der Waals surface area contributed by atoms with Crippen molar-refractivity contribution in [2.45, 2.75) is 101 Å². The van der Waals surface area contributed by atoms with Crippen LogP contribution in [-0.2, 0) is 20.8 Å². The van der Waals surface area contributed by atoms with Crippen molar-refractivity contribution in [1.29, 1.82) is 0 Å². The Morgan fingerprint density at radius 2 is 1.47 bits per heavy atom. The molecule has 0 saturated carbocycles. The predicted octanol–water partition coefficient (Wildman–Crippen LogP) is 10.7. The molecule has 1 aliphatic rings. The Bertz CT molecular complexity index is 2730. The molecule has 1 atom stereocenters. The highest BCUT2D eigenvalue weighted by Gasteiger charge is 2.49. The summed E-state index contributed by atoms with van der Waals surface area (Å²) in [6, 6.07) is 34.2. The largest absolute Gasteiger partial charge is 0.443 e. The van der Waals surface area contributed by atoms with Crippen LogP contribution in [0.1, 0.15) is 72.4 Å². The maximum absolute atomic E-state index is 15.3. The number of rotatable bonds is 12. The van der Waals surface area contributed by atoms with Crippen molar-refractivity contribution in [3.8, 4) is 22.5 Å². The van der Waals surface area contributed by atoms with Gasteiger partial charge < -0.3 is 30.7 Å². The molecule has 343 valence electrons. The lowest BCUT2D eigenvalue weighted by Gasteiger charge is -2.39. The van der Waals surface area contributed by atoms with Gasteiger partial charge in [-0.05, 0) is 142 Å². The lowest BCUT2D eigenvalue weighted by atomic mass is 9.97. The number of H-pyrrole nitrogens is 1. The fraction of sp³-hybridized carbons (Fsp3) is 0.320. The molecular weight excluding hydrogens is 853 g/mol. The minimum Gasteiger partial charge on any atom is -0.443 e. The molecule has 2 heterocycles. The van der Waals surface area contributed by atoms with E-state index in [1.807, 2.05) is 67.6 Å². The topological polar surface area (TPSA) is 184 Å². The van der Waals surface area contributed by atoms with Crippen LogP contribution in [0.5, 0.6) is 0 Å². The Labute approximate surface area is 390 Å². The van der Waals surface area contributed by atoms with Gasteiger partial charge in [-0.1, -0.05) is 73.6 Å². The van der Waals surface area contributed by atoms with Gasteiger partial charge in [-0.15, -0.1) is 5.10 Å². The van der Waals surface area contributed by atoms with Crippen LogP contribution in [0.15, 0.2) is 107 Å². The van der Waals surface area contributed by atoms with Crippen molar-refractivity contribution < 1.29 is 23.9 Å². The molecule has 0 spiro atoms. The minimum absolute atomic E-state index is 0.307. The van der Waals surface area contributed by atoms with Crippen LogP contribution < -0.4 is 31.1 Å². The van der Waals surface area contributed by atoms with Crippen molar-refractivity contribution in [2.75, 3.05) is 45.2 Å². The number of hydrogen-bond acceptors (Lipinski definition) is 12. The molecule has 1 aromatic heterocycles. The van der Waals surface area contributed by atoms with Gasteiger partial charge in [0.15, 0.2) is 11.5 Å². The summed E-state index contributed by atoms with van der Waals surface area (Å²) in [5.74, 6) is 0.268. The first kappa shape index (κ1) is 46.9. The summed E-state index contributed by atoms with van der Waals surface area (Å²) in [5, 5.41) is 21.4.